The van der Waals surface area contributed by atoms with Crippen molar-refractivity contribution in [3.8, 4) is 0 Å². The molecule has 0 aromatic heterocycles. The van der Waals surface area contributed by atoms with E-state index in [2.05, 4.69) is 47.1 Å². The maximum Gasteiger partial charge on any atom is 0.226 e. The van der Waals surface area contributed by atoms with Crippen LogP contribution in [0.2, 0.25) is 0 Å². The van der Waals surface area contributed by atoms with E-state index in [4.69, 9.17) is 0 Å². The molecule has 3 nitrogen and oxygen atoms in total. The first-order valence-electron chi connectivity index (χ1n) is 7.79. The van der Waals surface area contributed by atoms with Crippen molar-refractivity contribution in [3.63, 3.8) is 0 Å². The summed E-state index contributed by atoms with van der Waals surface area (Å²) in [4.78, 5) is 16.9. The lowest BCUT2D eigenvalue weighted by Gasteiger charge is -2.22. The summed E-state index contributed by atoms with van der Waals surface area (Å²) >= 11 is 0. The van der Waals surface area contributed by atoms with Crippen molar-refractivity contribution in [1.29, 1.82) is 0 Å². The molecule has 20 heavy (non-hydrogen) atoms. The first-order chi connectivity index (χ1) is 9.74. The molecule has 1 aliphatic carbocycles. The molecule has 1 aromatic rings. The molecule has 1 aromatic carbocycles. The van der Waals surface area contributed by atoms with Gasteiger partial charge in [-0.25, -0.2) is 0 Å². The fourth-order valence-corrected chi connectivity index (χ4v) is 3.09. The zero-order chi connectivity index (χ0) is 13.9. The SMILES string of the molecule is CC1CC1C(=O)N1CCCN(Cc2ccccc2)CC1. The minimum Gasteiger partial charge on any atom is -0.341 e. The molecule has 2 atom stereocenters. The molecule has 1 amide bonds. The lowest BCUT2D eigenvalue weighted by atomic mass is 10.2. The van der Waals surface area contributed by atoms with Gasteiger partial charge in [0.2, 0.25) is 5.91 Å². The number of benzene rings is 1. The minimum atomic E-state index is 0.329. The molecular formula is C17H24N2O. The Kier molecular flexibility index (Phi) is 4.06. The van der Waals surface area contributed by atoms with Crippen molar-refractivity contribution in [2.75, 3.05) is 26.2 Å². The summed E-state index contributed by atoms with van der Waals surface area (Å²) in [5.41, 5.74) is 1.36. The van der Waals surface area contributed by atoms with Gasteiger partial charge in [-0.3, -0.25) is 9.69 Å². The van der Waals surface area contributed by atoms with Crippen LogP contribution in [0.15, 0.2) is 30.3 Å². The van der Waals surface area contributed by atoms with Gasteiger partial charge in [-0.15, -0.1) is 0 Å². The number of hydrogen-bond acceptors (Lipinski definition) is 2. The summed E-state index contributed by atoms with van der Waals surface area (Å²) in [5.74, 6) is 1.35. The topological polar surface area (TPSA) is 23.6 Å². The van der Waals surface area contributed by atoms with E-state index in [0.29, 0.717) is 17.7 Å². The fourth-order valence-electron chi connectivity index (χ4n) is 3.09. The molecule has 0 bridgehead atoms. The van der Waals surface area contributed by atoms with E-state index in [0.717, 1.165) is 45.6 Å². The van der Waals surface area contributed by atoms with Gasteiger partial charge in [-0.1, -0.05) is 37.3 Å². The molecule has 0 spiro atoms. The van der Waals surface area contributed by atoms with Gasteiger partial charge in [0.1, 0.15) is 0 Å². The standard InChI is InChI=1S/C17H24N2O/c1-14-12-16(14)17(20)19-9-5-8-18(10-11-19)13-15-6-3-2-4-7-15/h2-4,6-7,14,16H,5,8-13H2,1H3. The monoisotopic (exact) mass is 272 g/mol. The van der Waals surface area contributed by atoms with Crippen LogP contribution in [0.5, 0.6) is 0 Å². The Morgan fingerprint density at radius 1 is 1.15 bits per heavy atom. The average Bonchev–Trinajstić information content (AvgIpc) is 3.22. The van der Waals surface area contributed by atoms with Crippen molar-refractivity contribution >= 4 is 5.91 Å². The van der Waals surface area contributed by atoms with E-state index >= 15 is 0 Å². The van der Waals surface area contributed by atoms with Crippen molar-refractivity contribution in [2.24, 2.45) is 11.8 Å². The molecule has 1 saturated carbocycles. The molecule has 2 unspecified atom stereocenters. The van der Waals surface area contributed by atoms with Crippen LogP contribution in [0.3, 0.4) is 0 Å². The summed E-state index contributed by atoms with van der Waals surface area (Å²) in [6, 6.07) is 10.6. The van der Waals surface area contributed by atoms with Crippen LogP contribution in [0.4, 0.5) is 0 Å². The minimum absolute atomic E-state index is 0.329. The average molecular weight is 272 g/mol. The van der Waals surface area contributed by atoms with Gasteiger partial charge in [0.25, 0.3) is 0 Å². The quantitative estimate of drug-likeness (QED) is 0.843. The van der Waals surface area contributed by atoms with Crippen LogP contribution >= 0.6 is 0 Å². The summed E-state index contributed by atoms with van der Waals surface area (Å²) < 4.78 is 0. The van der Waals surface area contributed by atoms with Crippen LogP contribution in [0.1, 0.15) is 25.3 Å². The smallest absolute Gasteiger partial charge is 0.226 e. The Morgan fingerprint density at radius 2 is 1.90 bits per heavy atom. The molecule has 1 heterocycles. The third-order valence-electron chi connectivity index (χ3n) is 4.58. The molecule has 108 valence electrons. The highest BCUT2D eigenvalue weighted by molar-refractivity contribution is 5.81. The zero-order valence-electron chi connectivity index (χ0n) is 12.3. The summed E-state index contributed by atoms with van der Waals surface area (Å²) in [7, 11) is 0. The number of hydrogen-bond donors (Lipinski definition) is 0. The lowest BCUT2D eigenvalue weighted by molar-refractivity contribution is -0.132. The largest absolute Gasteiger partial charge is 0.341 e. The lowest BCUT2D eigenvalue weighted by Crippen LogP contribution is -2.36. The molecule has 2 fully saturated rings. The number of amides is 1. The Morgan fingerprint density at radius 3 is 2.60 bits per heavy atom. The van der Waals surface area contributed by atoms with E-state index in [-0.39, 0.29) is 0 Å². The Balaban J connectivity index is 1.53. The molecule has 0 radical (unpaired) electrons. The normalized spacial score (nSPS) is 27.1. The molecule has 3 heteroatoms. The van der Waals surface area contributed by atoms with Crippen LogP contribution in [0.25, 0.3) is 0 Å². The van der Waals surface area contributed by atoms with Crippen molar-refractivity contribution in [1.82, 2.24) is 9.80 Å². The summed E-state index contributed by atoms with van der Waals surface area (Å²) in [6.45, 7) is 7.12. The van der Waals surface area contributed by atoms with Crippen LogP contribution < -0.4 is 0 Å². The Hall–Kier alpha value is -1.35. The van der Waals surface area contributed by atoms with Crippen LogP contribution in [-0.4, -0.2) is 41.9 Å². The highest BCUT2D eigenvalue weighted by Gasteiger charge is 2.41. The molecule has 1 aliphatic heterocycles. The predicted octanol–water partition coefficient (Wildman–Crippen LogP) is 2.38. The highest BCUT2D eigenvalue weighted by Crippen LogP contribution is 2.39. The van der Waals surface area contributed by atoms with E-state index in [1.54, 1.807) is 0 Å². The molecule has 3 rings (SSSR count). The zero-order valence-corrected chi connectivity index (χ0v) is 12.3. The molecule has 1 saturated heterocycles. The highest BCUT2D eigenvalue weighted by atomic mass is 16.2. The second-order valence-electron chi connectivity index (χ2n) is 6.26. The second kappa shape index (κ2) is 5.96. The first kappa shape index (κ1) is 13.6. The number of rotatable bonds is 3. The molecular weight excluding hydrogens is 248 g/mol. The van der Waals surface area contributed by atoms with Gasteiger partial charge in [0.15, 0.2) is 0 Å². The van der Waals surface area contributed by atoms with E-state index in [1.165, 1.54) is 5.56 Å². The van der Waals surface area contributed by atoms with Crippen molar-refractivity contribution in [2.45, 2.75) is 26.3 Å². The van der Waals surface area contributed by atoms with E-state index in [9.17, 15) is 4.79 Å². The van der Waals surface area contributed by atoms with Crippen LogP contribution in [0, 0.1) is 11.8 Å². The maximum atomic E-state index is 12.3. The number of carbonyl (C=O) groups excluding carboxylic acids is 1. The third kappa shape index (κ3) is 3.21. The van der Waals surface area contributed by atoms with E-state index in [1.807, 2.05) is 0 Å². The third-order valence-corrected chi connectivity index (χ3v) is 4.58. The van der Waals surface area contributed by atoms with Crippen LogP contribution in [-0.2, 0) is 11.3 Å². The first-order valence-corrected chi connectivity index (χ1v) is 7.79. The Bertz CT molecular complexity index is 459. The molecule has 2 aliphatic rings. The van der Waals surface area contributed by atoms with Gasteiger partial charge in [-0.2, -0.15) is 0 Å². The van der Waals surface area contributed by atoms with Gasteiger partial charge in [-0.05, 0) is 24.3 Å². The van der Waals surface area contributed by atoms with Gasteiger partial charge < -0.3 is 4.90 Å². The summed E-state index contributed by atoms with van der Waals surface area (Å²) in [5, 5.41) is 0. The number of carbonyl (C=O) groups is 1. The summed E-state index contributed by atoms with van der Waals surface area (Å²) in [6.07, 6.45) is 2.20. The number of nitrogens with zero attached hydrogens (tertiary/aromatic N) is 2. The predicted molar refractivity (Wildman–Crippen MR) is 80.2 cm³/mol. The van der Waals surface area contributed by atoms with Gasteiger partial charge in [0.05, 0.1) is 0 Å². The van der Waals surface area contributed by atoms with Gasteiger partial charge in [0, 0.05) is 38.6 Å². The van der Waals surface area contributed by atoms with Crippen molar-refractivity contribution < 1.29 is 4.79 Å². The Labute approximate surface area is 121 Å². The second-order valence-corrected chi connectivity index (χ2v) is 6.26. The maximum absolute atomic E-state index is 12.3. The van der Waals surface area contributed by atoms with Gasteiger partial charge >= 0.3 is 0 Å². The molecule has 0 N–H and O–H groups in total. The van der Waals surface area contributed by atoms with E-state index < -0.39 is 0 Å². The van der Waals surface area contributed by atoms with Crippen molar-refractivity contribution in [3.05, 3.63) is 35.9 Å². The fraction of sp³-hybridized carbons (Fsp3) is 0.588.